The van der Waals surface area contributed by atoms with Gasteiger partial charge in [-0.15, -0.1) is 11.3 Å². The quantitative estimate of drug-likeness (QED) is 0.182. The van der Waals surface area contributed by atoms with Gasteiger partial charge >= 0.3 is 12.1 Å². The first kappa shape index (κ1) is 32.2. The number of nitrogens with one attached hydrogen (secondary N) is 2. The van der Waals surface area contributed by atoms with Crippen molar-refractivity contribution in [3.05, 3.63) is 26.5 Å². The average molecular weight is 557 g/mol. The van der Waals surface area contributed by atoms with Gasteiger partial charge in [0.15, 0.2) is 0 Å². The summed E-state index contributed by atoms with van der Waals surface area (Å²) < 4.78 is 10.6. The zero-order chi connectivity index (χ0) is 28.6. The molecule has 37 heavy (non-hydrogen) atoms. The van der Waals surface area contributed by atoms with Crippen LogP contribution in [-0.2, 0) is 25.6 Å². The van der Waals surface area contributed by atoms with Crippen molar-refractivity contribution in [1.29, 1.82) is 0 Å². The van der Waals surface area contributed by atoms with Crippen LogP contribution in [0.4, 0.5) is 4.79 Å². The predicted molar refractivity (Wildman–Crippen MR) is 142 cm³/mol. The first-order valence-electron chi connectivity index (χ1n) is 11.6. The van der Waals surface area contributed by atoms with Crippen LogP contribution in [0.5, 0.6) is 0 Å². The molecule has 0 aromatic carbocycles. The fraction of sp³-hybridized carbons (Fsp3) is 0.696. The number of azide groups is 1. The van der Waals surface area contributed by atoms with Crippen LogP contribution in [0.1, 0.15) is 77.8 Å². The summed E-state index contributed by atoms with van der Waals surface area (Å²) in [4.78, 5) is 57.2. The van der Waals surface area contributed by atoms with Crippen molar-refractivity contribution in [3.8, 4) is 0 Å². The van der Waals surface area contributed by atoms with Crippen molar-refractivity contribution in [2.45, 2.75) is 91.6 Å². The Morgan fingerprint density at radius 1 is 1.11 bits per heavy atom. The minimum absolute atomic E-state index is 0.0810. The molecule has 0 aliphatic heterocycles. The Labute approximate surface area is 225 Å². The molecule has 1 aromatic heterocycles. The molecular weight excluding hydrogens is 520 g/mol. The number of carbonyl (C=O) groups excluding carboxylic acids is 4. The lowest BCUT2D eigenvalue weighted by Crippen LogP contribution is -2.54. The summed E-state index contributed by atoms with van der Waals surface area (Å²) in [6, 6.07) is -0.973. The molecule has 206 valence electrons. The number of nitrogens with zero attached hydrogens (tertiary/aromatic N) is 4. The molecule has 2 amide bonds. The first-order valence-corrected chi connectivity index (χ1v) is 13.4. The van der Waals surface area contributed by atoms with Gasteiger partial charge in [-0.1, -0.05) is 30.7 Å². The Bertz CT molecular complexity index is 1040. The van der Waals surface area contributed by atoms with E-state index < -0.39 is 45.9 Å². The van der Waals surface area contributed by atoms with E-state index in [2.05, 4.69) is 25.6 Å². The Morgan fingerprint density at radius 2 is 1.70 bits per heavy atom. The van der Waals surface area contributed by atoms with Gasteiger partial charge in [0.2, 0.25) is 11.0 Å². The van der Waals surface area contributed by atoms with E-state index >= 15 is 0 Å². The summed E-state index contributed by atoms with van der Waals surface area (Å²) in [5, 5.41) is 10.4. The van der Waals surface area contributed by atoms with Crippen molar-refractivity contribution >= 4 is 46.2 Å². The Kier molecular flexibility index (Phi) is 11.4. The fourth-order valence-electron chi connectivity index (χ4n) is 2.63. The topological polar surface area (TPSA) is 172 Å². The molecule has 12 nitrogen and oxygen atoms in total. The molecule has 0 bridgehead atoms. The first-order chi connectivity index (χ1) is 16.9. The molecule has 0 fully saturated rings. The second-order valence-electron chi connectivity index (χ2n) is 10.7. The summed E-state index contributed by atoms with van der Waals surface area (Å²) in [7, 11) is 0. The number of carbonyl (C=O) groups is 4. The highest BCUT2D eigenvalue weighted by Crippen LogP contribution is 2.24. The van der Waals surface area contributed by atoms with E-state index in [9.17, 15) is 19.2 Å². The lowest BCUT2D eigenvalue weighted by atomic mass is 10.0. The molecule has 0 radical (unpaired) electrons. The monoisotopic (exact) mass is 556 g/mol. The van der Waals surface area contributed by atoms with Crippen LogP contribution in [0, 0.1) is 5.92 Å². The van der Waals surface area contributed by atoms with E-state index in [4.69, 9.17) is 15.0 Å². The SMILES string of the molecule is CC(C)[C@H](NC(=O)[C@](C)(CSC(=O)c1csc(CNC(=O)OC(C)(C)C)n1)N=[N+]=[N-])C(=O)OC(C)(C)C. The number of rotatable bonds is 10. The number of thiazole rings is 1. The minimum atomic E-state index is -1.67. The third-order valence-corrected chi connectivity index (χ3v) is 6.42. The van der Waals surface area contributed by atoms with E-state index in [1.165, 1.54) is 23.6 Å². The number of alkyl carbamates (subject to hydrolysis) is 1. The van der Waals surface area contributed by atoms with Gasteiger partial charge in [-0.3, -0.25) is 9.59 Å². The molecule has 0 saturated carbocycles. The molecule has 1 heterocycles. The maximum Gasteiger partial charge on any atom is 0.408 e. The van der Waals surface area contributed by atoms with Gasteiger partial charge in [-0.25, -0.2) is 14.6 Å². The molecule has 2 N–H and O–H groups in total. The van der Waals surface area contributed by atoms with Crippen molar-refractivity contribution < 1.29 is 28.7 Å². The van der Waals surface area contributed by atoms with Crippen LogP contribution in [0.25, 0.3) is 10.4 Å². The molecule has 0 spiro atoms. The van der Waals surface area contributed by atoms with Gasteiger partial charge in [-0.05, 0) is 59.9 Å². The van der Waals surface area contributed by atoms with Crippen LogP contribution in [0.15, 0.2) is 10.5 Å². The zero-order valence-corrected chi connectivity index (χ0v) is 24.3. The van der Waals surface area contributed by atoms with Crippen LogP contribution in [0.2, 0.25) is 0 Å². The van der Waals surface area contributed by atoms with Gasteiger partial charge in [0, 0.05) is 16.0 Å². The van der Waals surface area contributed by atoms with Crippen molar-refractivity contribution in [2.75, 3.05) is 5.75 Å². The van der Waals surface area contributed by atoms with Crippen molar-refractivity contribution in [1.82, 2.24) is 15.6 Å². The second kappa shape index (κ2) is 13.1. The smallest absolute Gasteiger partial charge is 0.408 e. The zero-order valence-electron chi connectivity index (χ0n) is 22.7. The fourth-order valence-corrected chi connectivity index (χ4v) is 4.27. The van der Waals surface area contributed by atoms with E-state index in [-0.39, 0.29) is 23.9 Å². The number of aromatic nitrogens is 1. The maximum absolute atomic E-state index is 13.1. The van der Waals surface area contributed by atoms with Gasteiger partial charge in [0.25, 0.3) is 0 Å². The molecule has 1 aromatic rings. The summed E-state index contributed by atoms with van der Waals surface area (Å²) in [6.07, 6.45) is -0.604. The Morgan fingerprint density at radius 3 is 2.22 bits per heavy atom. The van der Waals surface area contributed by atoms with E-state index in [1.54, 1.807) is 55.4 Å². The van der Waals surface area contributed by atoms with Crippen molar-refractivity contribution in [3.63, 3.8) is 0 Å². The van der Waals surface area contributed by atoms with Crippen molar-refractivity contribution in [2.24, 2.45) is 11.0 Å². The normalized spacial score (nSPS) is 14.1. The van der Waals surface area contributed by atoms with Gasteiger partial charge in [0.1, 0.15) is 33.5 Å². The predicted octanol–water partition coefficient (Wildman–Crippen LogP) is 4.59. The number of thioether (sulfide) groups is 1. The summed E-state index contributed by atoms with van der Waals surface area (Å²) in [5.41, 5.74) is 6.13. The molecule has 14 heteroatoms. The molecule has 2 atom stereocenters. The molecule has 0 aliphatic rings. The van der Waals surface area contributed by atoms with Gasteiger partial charge in [-0.2, -0.15) is 0 Å². The second-order valence-corrected chi connectivity index (χ2v) is 12.6. The summed E-state index contributed by atoms with van der Waals surface area (Å²) >= 11 is 1.93. The number of amides is 2. The highest BCUT2D eigenvalue weighted by atomic mass is 32.2. The minimum Gasteiger partial charge on any atom is -0.458 e. The van der Waals surface area contributed by atoms with E-state index in [1.807, 2.05) is 0 Å². The van der Waals surface area contributed by atoms with Crippen LogP contribution < -0.4 is 10.6 Å². The molecule has 0 aliphatic carbocycles. The van der Waals surface area contributed by atoms with Crippen LogP contribution >= 0.6 is 23.1 Å². The van der Waals surface area contributed by atoms with Gasteiger partial charge < -0.3 is 20.1 Å². The summed E-state index contributed by atoms with van der Waals surface area (Å²) in [5.74, 6) is -1.82. The van der Waals surface area contributed by atoms with Crippen LogP contribution in [0.3, 0.4) is 0 Å². The molecule has 1 rings (SSSR count). The standard InChI is InChI=1S/C23H36N6O6S2/c1-13(2)16(17(30)34-21(3,4)5)27-19(32)23(9,28-29-24)12-37-18(31)14-11-36-15(26-14)10-25-20(33)35-22(6,7)8/h11,13,16H,10,12H2,1-9H3,(H,25,33)(H,27,32)/t16-,23-/m0/s1. The maximum atomic E-state index is 13.1. The van der Waals surface area contributed by atoms with Gasteiger partial charge in [0.05, 0.1) is 6.54 Å². The molecule has 0 saturated heterocycles. The summed E-state index contributed by atoms with van der Waals surface area (Å²) in [6.45, 7) is 15.3. The largest absolute Gasteiger partial charge is 0.458 e. The lowest BCUT2D eigenvalue weighted by molar-refractivity contribution is -0.160. The number of ether oxygens (including phenoxy) is 2. The molecule has 0 unspecified atom stereocenters. The highest BCUT2D eigenvalue weighted by Gasteiger charge is 2.38. The van der Waals surface area contributed by atoms with E-state index in [0.29, 0.717) is 5.01 Å². The lowest BCUT2D eigenvalue weighted by Gasteiger charge is -2.29. The highest BCUT2D eigenvalue weighted by molar-refractivity contribution is 8.14. The number of hydrogen-bond acceptors (Lipinski definition) is 10. The van der Waals surface area contributed by atoms with Crippen LogP contribution in [-0.4, -0.2) is 56.6 Å². The molecular formula is C23H36N6O6S2. The number of esters is 1. The van der Waals surface area contributed by atoms with E-state index in [0.717, 1.165) is 11.8 Å². The average Bonchev–Trinajstić information content (AvgIpc) is 3.21. The Hall–Kier alpha value is -2.83. The number of hydrogen-bond donors (Lipinski definition) is 2. The third-order valence-electron chi connectivity index (χ3n) is 4.40. The Balaban J connectivity index is 2.85. The third kappa shape index (κ3) is 11.4.